The number of hydrogen-bond acceptors (Lipinski definition) is 5. The van der Waals surface area contributed by atoms with Crippen molar-refractivity contribution in [3.05, 3.63) is 52.5 Å². The van der Waals surface area contributed by atoms with E-state index in [1.54, 1.807) is 0 Å². The average Bonchev–Trinajstić information content (AvgIpc) is 3.11. The molecule has 1 saturated carbocycles. The number of imidazole rings is 1. The number of ether oxygens (including phenoxy) is 1. The fourth-order valence-electron chi connectivity index (χ4n) is 2.92. The molecule has 29 heavy (non-hydrogen) atoms. The molecule has 1 aromatic carbocycles. The van der Waals surface area contributed by atoms with Gasteiger partial charge in [0.15, 0.2) is 5.82 Å². The molecule has 3 aromatic rings. The summed E-state index contributed by atoms with van der Waals surface area (Å²) in [6.07, 6.45) is 1.12. The van der Waals surface area contributed by atoms with Crippen molar-refractivity contribution in [1.82, 2.24) is 19.5 Å². The Kier molecular flexibility index (Phi) is 5.14. The minimum atomic E-state index is -4.57. The Morgan fingerprint density at radius 2 is 1.90 bits per heavy atom. The molecule has 0 radical (unpaired) electrons. The van der Waals surface area contributed by atoms with Gasteiger partial charge in [-0.15, -0.1) is 0 Å². The van der Waals surface area contributed by atoms with Crippen LogP contribution in [-0.2, 0) is 6.18 Å². The van der Waals surface area contributed by atoms with Gasteiger partial charge in [-0.1, -0.05) is 29.3 Å². The molecule has 2 N–H and O–H groups in total. The van der Waals surface area contributed by atoms with E-state index in [9.17, 15) is 13.2 Å². The molecule has 0 bridgehead atoms. The minimum absolute atomic E-state index is 0.0489. The lowest BCUT2D eigenvalue weighted by atomic mass is 9.90. The summed E-state index contributed by atoms with van der Waals surface area (Å²) in [5, 5.41) is -0.143. The lowest BCUT2D eigenvalue weighted by Gasteiger charge is -2.31. The van der Waals surface area contributed by atoms with Crippen LogP contribution >= 0.6 is 23.2 Å². The highest BCUT2D eigenvalue weighted by Gasteiger charge is 2.33. The molecular formula is C18H14Cl2F3N5O. The zero-order chi connectivity index (χ0) is 20.8. The van der Waals surface area contributed by atoms with Gasteiger partial charge < -0.3 is 10.5 Å². The molecule has 1 aliphatic rings. The van der Waals surface area contributed by atoms with E-state index in [1.165, 1.54) is 35.4 Å². The molecule has 1 aliphatic carbocycles. The summed E-state index contributed by atoms with van der Waals surface area (Å²) >= 11 is 11.9. The van der Waals surface area contributed by atoms with Gasteiger partial charge >= 0.3 is 12.2 Å². The van der Waals surface area contributed by atoms with Gasteiger partial charge in [-0.25, -0.2) is 9.97 Å². The second-order valence-electron chi connectivity index (χ2n) is 6.65. The van der Waals surface area contributed by atoms with E-state index in [-0.39, 0.29) is 33.8 Å². The minimum Gasteiger partial charge on any atom is -0.460 e. The number of aromatic nitrogens is 4. The van der Waals surface area contributed by atoms with E-state index >= 15 is 0 Å². The second kappa shape index (κ2) is 7.47. The first kappa shape index (κ1) is 19.9. The van der Waals surface area contributed by atoms with E-state index < -0.39 is 11.7 Å². The third-order valence-electron chi connectivity index (χ3n) is 4.50. The van der Waals surface area contributed by atoms with Crippen LogP contribution in [0.15, 0.2) is 36.9 Å². The van der Waals surface area contributed by atoms with Crippen LogP contribution in [0.3, 0.4) is 0 Å². The van der Waals surface area contributed by atoms with Crippen molar-refractivity contribution in [2.45, 2.75) is 31.2 Å². The molecule has 6 nitrogen and oxygen atoms in total. The van der Waals surface area contributed by atoms with Crippen LogP contribution in [0.1, 0.15) is 18.4 Å². The fraction of sp³-hybridized carbons (Fsp3) is 0.278. The van der Waals surface area contributed by atoms with Crippen molar-refractivity contribution < 1.29 is 17.9 Å². The zero-order valence-electron chi connectivity index (χ0n) is 14.7. The van der Waals surface area contributed by atoms with Gasteiger partial charge in [0.2, 0.25) is 0 Å². The molecule has 0 spiro atoms. The van der Waals surface area contributed by atoms with Crippen molar-refractivity contribution in [2.24, 2.45) is 5.73 Å². The Hall–Kier alpha value is -2.36. The van der Waals surface area contributed by atoms with E-state index in [4.69, 9.17) is 33.7 Å². The molecule has 0 atom stereocenters. The first-order valence-electron chi connectivity index (χ1n) is 8.57. The van der Waals surface area contributed by atoms with Crippen molar-refractivity contribution in [2.75, 3.05) is 0 Å². The van der Waals surface area contributed by atoms with Crippen LogP contribution in [0.5, 0.6) is 6.01 Å². The van der Waals surface area contributed by atoms with Gasteiger partial charge in [-0.2, -0.15) is 18.2 Å². The van der Waals surface area contributed by atoms with E-state index in [0.717, 1.165) is 6.07 Å². The lowest BCUT2D eigenvalue weighted by molar-refractivity contribution is -0.137. The number of halogens is 5. The molecule has 4 rings (SSSR count). The highest BCUT2D eigenvalue weighted by atomic mass is 35.5. The predicted octanol–water partition coefficient (Wildman–Crippen LogP) is 4.52. The smallest absolute Gasteiger partial charge is 0.417 e. The van der Waals surface area contributed by atoms with Gasteiger partial charge in [0, 0.05) is 17.8 Å². The van der Waals surface area contributed by atoms with Gasteiger partial charge in [0.05, 0.1) is 22.5 Å². The SMILES string of the molecule is NC1CC(Oc2ncc(Cl)c(-n3cnc(-c4ccc(Cl)c(C(F)(F)F)c4)c3)n2)C1. The normalized spacial score (nSPS) is 19.1. The van der Waals surface area contributed by atoms with E-state index in [2.05, 4.69) is 15.0 Å². The summed E-state index contributed by atoms with van der Waals surface area (Å²) in [5.41, 5.74) is 5.36. The molecule has 11 heteroatoms. The molecule has 2 aromatic heterocycles. The number of nitrogens with zero attached hydrogens (tertiary/aromatic N) is 4. The highest BCUT2D eigenvalue weighted by Crippen LogP contribution is 2.37. The van der Waals surface area contributed by atoms with Gasteiger partial charge in [0.1, 0.15) is 17.5 Å². The molecule has 0 aliphatic heterocycles. The Bertz CT molecular complexity index is 1050. The summed E-state index contributed by atoms with van der Waals surface area (Å²) in [7, 11) is 0. The summed E-state index contributed by atoms with van der Waals surface area (Å²) in [6.45, 7) is 0. The molecule has 2 heterocycles. The monoisotopic (exact) mass is 443 g/mol. The second-order valence-corrected chi connectivity index (χ2v) is 7.47. The van der Waals surface area contributed by atoms with Crippen LogP contribution in [0.2, 0.25) is 10.0 Å². The predicted molar refractivity (Wildman–Crippen MR) is 101 cm³/mol. The van der Waals surface area contributed by atoms with Crippen LogP contribution in [-0.4, -0.2) is 31.7 Å². The standard InChI is InChI=1S/C18H14Cl2F3N5O/c19-13-2-1-9(3-12(13)18(21,22)23)15-7-28(8-26-15)16-14(20)6-25-17(27-16)29-11-4-10(24)5-11/h1-3,6-8,10-11H,4-5,24H2. The number of nitrogens with two attached hydrogens (primary N) is 1. The third-order valence-corrected chi connectivity index (χ3v) is 5.10. The van der Waals surface area contributed by atoms with Crippen molar-refractivity contribution in [1.29, 1.82) is 0 Å². The zero-order valence-corrected chi connectivity index (χ0v) is 16.2. The molecule has 0 amide bonds. The molecule has 152 valence electrons. The molecular weight excluding hydrogens is 430 g/mol. The average molecular weight is 444 g/mol. The summed E-state index contributed by atoms with van der Waals surface area (Å²) in [4.78, 5) is 12.5. The van der Waals surface area contributed by atoms with Crippen molar-refractivity contribution in [3.63, 3.8) is 0 Å². The molecule has 1 fully saturated rings. The molecule has 0 unspecified atom stereocenters. The van der Waals surface area contributed by atoms with Crippen LogP contribution in [0, 0.1) is 0 Å². The number of alkyl halides is 3. The van der Waals surface area contributed by atoms with Crippen LogP contribution in [0.25, 0.3) is 17.1 Å². The van der Waals surface area contributed by atoms with Crippen molar-refractivity contribution >= 4 is 23.2 Å². The third kappa shape index (κ3) is 4.17. The number of hydrogen-bond donors (Lipinski definition) is 1. The summed E-state index contributed by atoms with van der Waals surface area (Å²) < 4.78 is 46.5. The quantitative estimate of drug-likeness (QED) is 0.640. The number of rotatable bonds is 4. The number of benzene rings is 1. The van der Waals surface area contributed by atoms with E-state index in [0.29, 0.717) is 24.4 Å². The van der Waals surface area contributed by atoms with E-state index in [1.807, 2.05) is 0 Å². The fourth-order valence-corrected chi connectivity index (χ4v) is 3.33. The summed E-state index contributed by atoms with van der Waals surface area (Å²) in [5.74, 6) is 0.295. The van der Waals surface area contributed by atoms with Gasteiger partial charge in [0.25, 0.3) is 0 Å². The maximum atomic E-state index is 13.1. The van der Waals surface area contributed by atoms with Crippen LogP contribution in [0.4, 0.5) is 13.2 Å². The van der Waals surface area contributed by atoms with Crippen LogP contribution < -0.4 is 10.5 Å². The highest BCUT2D eigenvalue weighted by molar-refractivity contribution is 6.32. The van der Waals surface area contributed by atoms with Crippen molar-refractivity contribution in [3.8, 4) is 23.1 Å². The first-order chi connectivity index (χ1) is 13.7. The topological polar surface area (TPSA) is 78.9 Å². The first-order valence-corrected chi connectivity index (χ1v) is 9.32. The Morgan fingerprint density at radius 3 is 2.59 bits per heavy atom. The van der Waals surface area contributed by atoms with Gasteiger partial charge in [-0.05, 0) is 25.0 Å². The Labute approximate surface area is 173 Å². The molecule has 0 saturated heterocycles. The van der Waals surface area contributed by atoms with Gasteiger partial charge in [-0.3, -0.25) is 4.57 Å². The maximum Gasteiger partial charge on any atom is 0.417 e. The Morgan fingerprint density at radius 1 is 1.14 bits per heavy atom. The Balaban J connectivity index is 1.63. The maximum absolute atomic E-state index is 13.1. The lowest BCUT2D eigenvalue weighted by Crippen LogP contribution is -2.43. The summed E-state index contributed by atoms with van der Waals surface area (Å²) in [6, 6.07) is 3.85. The largest absolute Gasteiger partial charge is 0.460 e.